The molecule has 5 heteroatoms. The molecule has 0 saturated carbocycles. The zero-order valence-electron chi connectivity index (χ0n) is 22.5. The molecule has 0 bridgehead atoms. The summed E-state index contributed by atoms with van der Waals surface area (Å²) in [6.07, 6.45) is 3.00. The third kappa shape index (κ3) is 8.73. The molecule has 1 aliphatic rings. The lowest BCUT2D eigenvalue weighted by atomic mass is 9.97. The Balaban J connectivity index is 1.26. The minimum atomic E-state index is -0.509. The molecule has 0 spiro atoms. The standard InChI is InChI=1S/C32H41N3O2/c1-32(2,3)37-31(36)34-23-28-13-7-8-15-30(28)27-14-9-12-25(22-27)16-19-33-29-17-20-35(21-18-29)24-26-10-5-4-6-11-26/h4-15,22,29,33H,16-21,23-24H2,1-3H3,(H,34,36). The molecule has 1 aliphatic heterocycles. The SMILES string of the molecule is CC(C)(C)OC(=O)NCc1ccccc1-c1cccc(CCNC2CCN(Cc3ccccc3)CC2)c1. The molecule has 3 aromatic carbocycles. The number of nitrogens with zero attached hydrogens (tertiary/aromatic N) is 1. The molecule has 4 rings (SSSR count). The minimum Gasteiger partial charge on any atom is -0.444 e. The second-order valence-electron chi connectivity index (χ2n) is 11.0. The molecule has 1 amide bonds. The number of hydrogen-bond donors (Lipinski definition) is 2. The molecule has 0 aromatic heterocycles. The van der Waals surface area contributed by atoms with Crippen LogP contribution >= 0.6 is 0 Å². The topological polar surface area (TPSA) is 53.6 Å². The maximum Gasteiger partial charge on any atom is 0.407 e. The van der Waals surface area contributed by atoms with E-state index in [2.05, 4.69) is 82.3 Å². The summed E-state index contributed by atoms with van der Waals surface area (Å²) in [6, 6.07) is 28.3. The molecule has 0 unspecified atom stereocenters. The first-order valence-electron chi connectivity index (χ1n) is 13.5. The van der Waals surface area contributed by atoms with E-state index in [0.29, 0.717) is 12.6 Å². The molecule has 0 aliphatic carbocycles. The number of nitrogens with one attached hydrogen (secondary N) is 2. The van der Waals surface area contributed by atoms with Crippen LogP contribution in [-0.2, 0) is 24.2 Å². The van der Waals surface area contributed by atoms with Gasteiger partial charge in [-0.1, -0.05) is 78.9 Å². The summed E-state index contributed by atoms with van der Waals surface area (Å²) in [5, 5.41) is 6.68. The molecule has 1 heterocycles. The van der Waals surface area contributed by atoms with Gasteiger partial charge >= 0.3 is 6.09 Å². The number of amides is 1. The molecule has 2 N–H and O–H groups in total. The average Bonchev–Trinajstić information content (AvgIpc) is 2.88. The molecule has 196 valence electrons. The third-order valence-electron chi connectivity index (χ3n) is 6.76. The summed E-state index contributed by atoms with van der Waals surface area (Å²) in [6.45, 7) is 10.4. The molecular weight excluding hydrogens is 458 g/mol. The number of rotatable bonds is 9. The molecule has 5 nitrogen and oxygen atoms in total. The Morgan fingerprint density at radius 1 is 0.919 bits per heavy atom. The summed E-state index contributed by atoms with van der Waals surface area (Å²) in [7, 11) is 0. The first kappa shape index (κ1) is 26.9. The van der Waals surface area contributed by atoms with Crippen molar-refractivity contribution in [2.45, 2.75) is 64.8 Å². The fourth-order valence-electron chi connectivity index (χ4n) is 4.89. The van der Waals surface area contributed by atoms with Gasteiger partial charge in [0.2, 0.25) is 0 Å². The van der Waals surface area contributed by atoms with Gasteiger partial charge in [0.15, 0.2) is 0 Å². The van der Waals surface area contributed by atoms with Gasteiger partial charge in [0, 0.05) is 19.1 Å². The molecule has 37 heavy (non-hydrogen) atoms. The van der Waals surface area contributed by atoms with Gasteiger partial charge in [0.05, 0.1) is 0 Å². The quantitative estimate of drug-likeness (QED) is 0.369. The van der Waals surface area contributed by atoms with Crippen LogP contribution in [0.4, 0.5) is 4.79 Å². The van der Waals surface area contributed by atoms with Crippen molar-refractivity contribution in [3.63, 3.8) is 0 Å². The number of likely N-dealkylation sites (tertiary alicyclic amines) is 1. The number of carbonyl (C=O) groups excluding carboxylic acids is 1. The van der Waals surface area contributed by atoms with Gasteiger partial charge < -0.3 is 15.4 Å². The van der Waals surface area contributed by atoms with Gasteiger partial charge in [-0.15, -0.1) is 0 Å². The van der Waals surface area contributed by atoms with E-state index in [1.165, 1.54) is 29.5 Å². The molecular formula is C32H41N3O2. The van der Waals surface area contributed by atoms with Crippen molar-refractivity contribution >= 4 is 6.09 Å². The largest absolute Gasteiger partial charge is 0.444 e. The van der Waals surface area contributed by atoms with E-state index in [1.54, 1.807) is 0 Å². The summed E-state index contributed by atoms with van der Waals surface area (Å²) in [5.74, 6) is 0. The molecule has 1 fully saturated rings. The Labute approximate surface area is 222 Å². The van der Waals surface area contributed by atoms with Crippen molar-refractivity contribution < 1.29 is 9.53 Å². The Morgan fingerprint density at radius 3 is 2.38 bits per heavy atom. The van der Waals surface area contributed by atoms with Crippen molar-refractivity contribution in [3.05, 3.63) is 95.6 Å². The summed E-state index contributed by atoms with van der Waals surface area (Å²) in [4.78, 5) is 14.7. The lowest BCUT2D eigenvalue weighted by Crippen LogP contribution is -2.42. The van der Waals surface area contributed by atoms with E-state index >= 15 is 0 Å². The summed E-state index contributed by atoms with van der Waals surface area (Å²) >= 11 is 0. The summed E-state index contributed by atoms with van der Waals surface area (Å²) in [5.41, 5.74) is 5.60. The van der Waals surface area contributed by atoms with Crippen LogP contribution < -0.4 is 10.6 Å². The highest BCUT2D eigenvalue weighted by molar-refractivity contribution is 5.71. The van der Waals surface area contributed by atoms with Crippen molar-refractivity contribution in [2.75, 3.05) is 19.6 Å². The number of carbonyl (C=O) groups is 1. The Bertz CT molecular complexity index is 1130. The monoisotopic (exact) mass is 499 g/mol. The highest BCUT2D eigenvalue weighted by Gasteiger charge is 2.19. The second-order valence-corrected chi connectivity index (χ2v) is 11.0. The van der Waals surface area contributed by atoms with Crippen LogP contribution in [0.15, 0.2) is 78.9 Å². The van der Waals surface area contributed by atoms with Crippen LogP contribution in [-0.4, -0.2) is 42.3 Å². The van der Waals surface area contributed by atoms with E-state index < -0.39 is 11.7 Å². The van der Waals surface area contributed by atoms with E-state index in [9.17, 15) is 4.79 Å². The first-order chi connectivity index (χ1) is 17.9. The van der Waals surface area contributed by atoms with Gasteiger partial charge in [0.25, 0.3) is 0 Å². The van der Waals surface area contributed by atoms with E-state index in [4.69, 9.17) is 4.74 Å². The van der Waals surface area contributed by atoms with Gasteiger partial charge in [-0.05, 0) is 87.5 Å². The zero-order chi connectivity index (χ0) is 26.1. The smallest absolute Gasteiger partial charge is 0.407 e. The predicted octanol–water partition coefficient (Wildman–Crippen LogP) is 6.18. The average molecular weight is 500 g/mol. The molecule has 0 radical (unpaired) electrons. The lowest BCUT2D eigenvalue weighted by molar-refractivity contribution is 0.0523. The maximum atomic E-state index is 12.1. The fourth-order valence-corrected chi connectivity index (χ4v) is 4.89. The van der Waals surface area contributed by atoms with Crippen molar-refractivity contribution in [2.24, 2.45) is 0 Å². The van der Waals surface area contributed by atoms with Crippen LogP contribution in [0, 0.1) is 0 Å². The van der Waals surface area contributed by atoms with Crippen LogP contribution in [0.5, 0.6) is 0 Å². The molecule has 1 saturated heterocycles. The van der Waals surface area contributed by atoms with Crippen LogP contribution in [0.1, 0.15) is 50.3 Å². The van der Waals surface area contributed by atoms with Crippen LogP contribution in [0.3, 0.4) is 0 Å². The zero-order valence-corrected chi connectivity index (χ0v) is 22.5. The summed E-state index contributed by atoms with van der Waals surface area (Å²) < 4.78 is 5.39. The number of ether oxygens (including phenoxy) is 1. The predicted molar refractivity (Wildman–Crippen MR) is 151 cm³/mol. The highest BCUT2D eigenvalue weighted by Crippen LogP contribution is 2.25. The van der Waals surface area contributed by atoms with Crippen molar-refractivity contribution in [3.8, 4) is 11.1 Å². The molecule has 0 atom stereocenters. The Morgan fingerprint density at radius 2 is 1.62 bits per heavy atom. The second kappa shape index (κ2) is 12.9. The number of alkyl carbamates (subject to hydrolysis) is 1. The van der Waals surface area contributed by atoms with Crippen molar-refractivity contribution in [1.82, 2.24) is 15.5 Å². The fraction of sp³-hybridized carbons (Fsp3) is 0.406. The van der Waals surface area contributed by atoms with Gasteiger partial charge in [-0.3, -0.25) is 4.90 Å². The van der Waals surface area contributed by atoms with E-state index in [1.807, 2.05) is 32.9 Å². The normalized spacial score (nSPS) is 14.9. The number of benzene rings is 3. The minimum absolute atomic E-state index is 0.395. The Hall–Kier alpha value is -3.15. The van der Waals surface area contributed by atoms with Gasteiger partial charge in [0.1, 0.15) is 5.60 Å². The first-order valence-corrected chi connectivity index (χ1v) is 13.5. The highest BCUT2D eigenvalue weighted by atomic mass is 16.6. The number of piperidine rings is 1. The van der Waals surface area contributed by atoms with Gasteiger partial charge in [-0.2, -0.15) is 0 Å². The van der Waals surface area contributed by atoms with Crippen LogP contribution in [0.2, 0.25) is 0 Å². The Kier molecular flexibility index (Phi) is 9.37. The lowest BCUT2D eigenvalue weighted by Gasteiger charge is -2.32. The van der Waals surface area contributed by atoms with Crippen LogP contribution in [0.25, 0.3) is 11.1 Å². The maximum absolute atomic E-state index is 12.1. The van der Waals surface area contributed by atoms with E-state index in [-0.39, 0.29) is 0 Å². The molecule has 3 aromatic rings. The van der Waals surface area contributed by atoms with Crippen molar-refractivity contribution in [1.29, 1.82) is 0 Å². The van der Waals surface area contributed by atoms with E-state index in [0.717, 1.165) is 43.7 Å². The number of hydrogen-bond acceptors (Lipinski definition) is 4. The third-order valence-corrected chi connectivity index (χ3v) is 6.76. The van der Waals surface area contributed by atoms with Gasteiger partial charge in [-0.25, -0.2) is 4.79 Å².